The van der Waals surface area contributed by atoms with E-state index in [1.165, 1.54) is 19.3 Å². The molecule has 1 saturated carbocycles. The van der Waals surface area contributed by atoms with Gasteiger partial charge in [-0.25, -0.2) is 0 Å². The maximum Gasteiger partial charge on any atom is 0.234 e. The van der Waals surface area contributed by atoms with Crippen molar-refractivity contribution in [2.75, 3.05) is 65.6 Å². The van der Waals surface area contributed by atoms with Gasteiger partial charge in [0.05, 0.1) is 26.2 Å². The van der Waals surface area contributed by atoms with Crippen LogP contribution in [0.3, 0.4) is 0 Å². The number of ether oxygens (including phenoxy) is 1. The lowest BCUT2D eigenvalue weighted by molar-refractivity contribution is -0.132. The third kappa shape index (κ3) is 6.34. The Bertz CT molecular complexity index is 794. The van der Waals surface area contributed by atoms with E-state index in [9.17, 15) is 9.59 Å². The highest BCUT2D eigenvalue weighted by molar-refractivity contribution is 5.80. The van der Waals surface area contributed by atoms with E-state index in [0.717, 1.165) is 69.9 Å². The predicted octanol–water partition coefficient (Wildman–Crippen LogP) is 1.83. The van der Waals surface area contributed by atoms with Gasteiger partial charge in [0.1, 0.15) is 0 Å². The van der Waals surface area contributed by atoms with Crippen molar-refractivity contribution in [3.8, 4) is 0 Å². The first-order valence-corrected chi connectivity index (χ1v) is 12.7. The summed E-state index contributed by atoms with van der Waals surface area (Å²) >= 11 is 0. The smallest absolute Gasteiger partial charge is 0.234 e. The average Bonchev–Trinajstić information content (AvgIpc) is 2.86. The van der Waals surface area contributed by atoms with Crippen LogP contribution in [0.1, 0.15) is 43.2 Å². The number of aryl methyl sites for hydroxylation is 1. The lowest BCUT2D eigenvalue weighted by atomic mass is 9.79. The SMILES string of the molecule is Cc1ccccc1CC(=O)N1CCN(CC(=O)NCC2(N3CCOCC3)CCCCC2)CC1. The average molecular weight is 457 g/mol. The van der Waals surface area contributed by atoms with Gasteiger partial charge in [-0.1, -0.05) is 43.5 Å². The zero-order chi connectivity index (χ0) is 23.1. The Kier molecular flexibility index (Phi) is 8.39. The van der Waals surface area contributed by atoms with Crippen LogP contribution in [-0.4, -0.2) is 97.6 Å². The van der Waals surface area contributed by atoms with Crippen molar-refractivity contribution in [2.24, 2.45) is 0 Å². The number of carbonyl (C=O) groups is 2. The predicted molar refractivity (Wildman–Crippen MR) is 129 cm³/mol. The normalized spacial score (nSPS) is 22.2. The molecule has 2 amide bonds. The van der Waals surface area contributed by atoms with Crippen LogP contribution in [0.4, 0.5) is 0 Å². The summed E-state index contributed by atoms with van der Waals surface area (Å²) < 4.78 is 5.56. The molecule has 3 aliphatic rings. The van der Waals surface area contributed by atoms with Crippen LogP contribution in [0.2, 0.25) is 0 Å². The Morgan fingerprint density at radius 3 is 2.36 bits per heavy atom. The van der Waals surface area contributed by atoms with Crippen LogP contribution in [0.5, 0.6) is 0 Å². The number of amides is 2. The molecule has 0 radical (unpaired) electrons. The van der Waals surface area contributed by atoms with Crippen LogP contribution in [-0.2, 0) is 20.7 Å². The molecule has 0 bridgehead atoms. The highest BCUT2D eigenvalue weighted by Crippen LogP contribution is 2.33. The molecule has 1 N–H and O–H groups in total. The monoisotopic (exact) mass is 456 g/mol. The van der Waals surface area contributed by atoms with Gasteiger partial charge in [0.15, 0.2) is 0 Å². The summed E-state index contributed by atoms with van der Waals surface area (Å²) in [5.74, 6) is 0.283. The van der Waals surface area contributed by atoms with Gasteiger partial charge in [0.25, 0.3) is 0 Å². The standard InChI is InChI=1S/C26H40N4O3/c1-22-7-3-4-8-23(22)19-25(32)29-13-11-28(12-14-29)20-24(31)27-21-26(9-5-2-6-10-26)30-15-17-33-18-16-30/h3-4,7-8H,2,5-6,9-21H2,1H3,(H,27,31). The Balaban J connectivity index is 1.22. The number of hydrogen-bond acceptors (Lipinski definition) is 5. The molecule has 1 aromatic carbocycles. The Morgan fingerprint density at radius 1 is 0.970 bits per heavy atom. The van der Waals surface area contributed by atoms with Crippen molar-refractivity contribution in [1.82, 2.24) is 20.0 Å². The molecule has 0 spiro atoms. The fourth-order valence-corrected chi connectivity index (χ4v) is 5.61. The second kappa shape index (κ2) is 11.4. The number of hydrogen-bond donors (Lipinski definition) is 1. The van der Waals surface area contributed by atoms with Gasteiger partial charge >= 0.3 is 0 Å². The summed E-state index contributed by atoms with van der Waals surface area (Å²) in [6.45, 7) is 9.61. The molecule has 7 heteroatoms. The van der Waals surface area contributed by atoms with E-state index in [0.29, 0.717) is 26.1 Å². The Hall–Kier alpha value is -1.96. The van der Waals surface area contributed by atoms with Gasteiger partial charge in [0.2, 0.25) is 11.8 Å². The molecule has 2 aliphatic heterocycles. The van der Waals surface area contributed by atoms with Crippen LogP contribution in [0.25, 0.3) is 0 Å². The maximum atomic E-state index is 12.8. The zero-order valence-electron chi connectivity index (χ0n) is 20.2. The quantitative estimate of drug-likeness (QED) is 0.678. The minimum absolute atomic E-state index is 0.0956. The van der Waals surface area contributed by atoms with E-state index in [2.05, 4.69) is 28.1 Å². The summed E-state index contributed by atoms with van der Waals surface area (Å²) in [6.07, 6.45) is 6.56. The van der Waals surface area contributed by atoms with E-state index in [4.69, 9.17) is 4.74 Å². The largest absolute Gasteiger partial charge is 0.379 e. The molecular formula is C26H40N4O3. The number of nitrogens with one attached hydrogen (secondary N) is 1. The van der Waals surface area contributed by atoms with E-state index < -0.39 is 0 Å². The Labute approximate surface area is 198 Å². The second-order valence-electron chi connectivity index (χ2n) is 9.92. The van der Waals surface area contributed by atoms with Gasteiger partial charge in [-0.15, -0.1) is 0 Å². The molecule has 2 saturated heterocycles. The topological polar surface area (TPSA) is 65.1 Å². The number of morpholine rings is 1. The highest BCUT2D eigenvalue weighted by Gasteiger charge is 2.39. The second-order valence-corrected chi connectivity index (χ2v) is 9.92. The molecule has 182 valence electrons. The van der Waals surface area contributed by atoms with Crippen LogP contribution < -0.4 is 5.32 Å². The van der Waals surface area contributed by atoms with E-state index in [1.54, 1.807) is 0 Å². The van der Waals surface area contributed by atoms with E-state index in [-0.39, 0.29) is 17.4 Å². The molecule has 1 aromatic rings. The summed E-state index contributed by atoms with van der Waals surface area (Å²) in [7, 11) is 0. The number of piperazine rings is 1. The highest BCUT2D eigenvalue weighted by atomic mass is 16.5. The summed E-state index contributed by atoms with van der Waals surface area (Å²) in [5.41, 5.74) is 2.36. The fraction of sp³-hybridized carbons (Fsp3) is 0.692. The van der Waals surface area contributed by atoms with Crippen molar-refractivity contribution < 1.29 is 14.3 Å². The van der Waals surface area contributed by atoms with Crippen molar-refractivity contribution in [2.45, 2.75) is 51.0 Å². The molecule has 7 nitrogen and oxygen atoms in total. The molecule has 33 heavy (non-hydrogen) atoms. The van der Waals surface area contributed by atoms with Gasteiger partial charge in [-0.05, 0) is 30.9 Å². The molecule has 2 heterocycles. The van der Waals surface area contributed by atoms with Gasteiger partial charge in [-0.3, -0.25) is 19.4 Å². The summed E-state index contributed by atoms with van der Waals surface area (Å²) in [5, 5.41) is 3.27. The Morgan fingerprint density at radius 2 is 1.67 bits per heavy atom. The van der Waals surface area contributed by atoms with E-state index >= 15 is 0 Å². The lowest BCUT2D eigenvalue weighted by Gasteiger charge is -2.48. The fourth-order valence-electron chi connectivity index (χ4n) is 5.61. The first kappa shape index (κ1) is 24.2. The first-order valence-electron chi connectivity index (χ1n) is 12.7. The number of rotatable bonds is 7. The summed E-state index contributed by atoms with van der Waals surface area (Å²) in [6, 6.07) is 8.08. The third-order valence-corrected chi connectivity index (χ3v) is 7.78. The minimum atomic E-state index is 0.0956. The van der Waals surface area contributed by atoms with Gasteiger partial charge in [0, 0.05) is 51.4 Å². The van der Waals surface area contributed by atoms with Gasteiger partial charge < -0.3 is 15.0 Å². The number of carbonyl (C=O) groups excluding carboxylic acids is 2. The molecule has 4 rings (SSSR count). The zero-order valence-corrected chi connectivity index (χ0v) is 20.2. The van der Waals surface area contributed by atoms with Crippen molar-refractivity contribution >= 4 is 11.8 Å². The molecule has 1 aliphatic carbocycles. The van der Waals surface area contributed by atoms with Crippen molar-refractivity contribution in [3.63, 3.8) is 0 Å². The first-order chi connectivity index (χ1) is 16.1. The van der Waals surface area contributed by atoms with Crippen LogP contribution >= 0.6 is 0 Å². The van der Waals surface area contributed by atoms with Crippen LogP contribution in [0, 0.1) is 6.92 Å². The molecular weight excluding hydrogens is 416 g/mol. The molecule has 3 fully saturated rings. The summed E-state index contributed by atoms with van der Waals surface area (Å²) in [4.78, 5) is 32.2. The number of nitrogens with zero attached hydrogens (tertiary/aromatic N) is 3. The molecule has 0 unspecified atom stereocenters. The third-order valence-electron chi connectivity index (χ3n) is 7.78. The lowest BCUT2D eigenvalue weighted by Crippen LogP contribution is -2.60. The number of benzene rings is 1. The minimum Gasteiger partial charge on any atom is -0.379 e. The van der Waals surface area contributed by atoms with Gasteiger partial charge in [-0.2, -0.15) is 0 Å². The van der Waals surface area contributed by atoms with E-state index in [1.807, 2.05) is 23.1 Å². The van der Waals surface area contributed by atoms with Crippen LogP contribution in [0.15, 0.2) is 24.3 Å². The maximum absolute atomic E-state index is 12.8. The molecule has 0 atom stereocenters. The van der Waals surface area contributed by atoms with Crippen molar-refractivity contribution in [1.29, 1.82) is 0 Å². The molecule has 0 aromatic heterocycles. The van der Waals surface area contributed by atoms with Crippen molar-refractivity contribution in [3.05, 3.63) is 35.4 Å².